The molecular weight excluding hydrogens is 438 g/mol. The Morgan fingerprint density at radius 1 is 1.06 bits per heavy atom. The van der Waals surface area contributed by atoms with E-state index in [4.69, 9.17) is 0 Å². The highest BCUT2D eigenvalue weighted by molar-refractivity contribution is 6.11. The minimum absolute atomic E-state index is 0.0408. The van der Waals surface area contributed by atoms with E-state index in [0.717, 1.165) is 54.6 Å². The van der Waals surface area contributed by atoms with Crippen LogP contribution in [0.3, 0.4) is 0 Å². The molecule has 7 nitrogen and oxygen atoms in total. The van der Waals surface area contributed by atoms with E-state index in [2.05, 4.69) is 43.4 Å². The highest BCUT2D eigenvalue weighted by Crippen LogP contribution is 2.27. The van der Waals surface area contributed by atoms with Crippen molar-refractivity contribution in [3.8, 4) is 11.1 Å². The van der Waals surface area contributed by atoms with Gasteiger partial charge in [0.25, 0.3) is 5.91 Å². The molecule has 9 heteroatoms. The van der Waals surface area contributed by atoms with Crippen LogP contribution in [0.25, 0.3) is 22.0 Å². The summed E-state index contributed by atoms with van der Waals surface area (Å²) in [6.45, 7) is 5.31. The van der Waals surface area contributed by atoms with E-state index in [-0.39, 0.29) is 5.69 Å². The average Bonchev–Trinajstić information content (AvgIpc) is 3.27. The maximum absolute atomic E-state index is 13.9. The molecule has 4 aromatic rings. The molecule has 0 radical (unpaired) electrons. The minimum Gasteiger partial charge on any atom is -0.316 e. The molecule has 5 rings (SSSR count). The van der Waals surface area contributed by atoms with E-state index in [1.54, 1.807) is 6.20 Å². The number of hydrogen-bond acceptors (Lipinski definition) is 5. The lowest BCUT2D eigenvalue weighted by atomic mass is 9.98. The van der Waals surface area contributed by atoms with Gasteiger partial charge in [0.1, 0.15) is 5.69 Å². The van der Waals surface area contributed by atoms with Gasteiger partial charge in [-0.1, -0.05) is 13.0 Å². The quantitative estimate of drug-likeness (QED) is 0.446. The van der Waals surface area contributed by atoms with Gasteiger partial charge in [-0.2, -0.15) is 5.10 Å². The van der Waals surface area contributed by atoms with Crippen LogP contribution in [-0.4, -0.2) is 44.1 Å². The summed E-state index contributed by atoms with van der Waals surface area (Å²) in [6, 6.07) is 7.68. The summed E-state index contributed by atoms with van der Waals surface area (Å²) in [6.07, 6.45) is 7.76. The molecule has 0 unspecified atom stereocenters. The molecule has 1 aliphatic rings. The highest BCUT2D eigenvalue weighted by atomic mass is 19.1. The molecule has 0 spiro atoms. The first kappa shape index (κ1) is 22.1. The number of piperidine rings is 1. The van der Waals surface area contributed by atoms with Crippen LogP contribution in [0.1, 0.15) is 35.8 Å². The second-order valence-electron chi connectivity index (χ2n) is 8.81. The lowest BCUT2D eigenvalue weighted by molar-refractivity contribution is 0.102. The Morgan fingerprint density at radius 2 is 1.79 bits per heavy atom. The molecule has 1 aliphatic heterocycles. The number of nitrogens with one attached hydrogen (secondary N) is 2. The smallest absolute Gasteiger partial charge is 0.276 e. The lowest BCUT2D eigenvalue weighted by Crippen LogP contribution is -2.32. The third-order valence-corrected chi connectivity index (χ3v) is 6.28. The SMILES string of the molecule is CC1CCN(Cc2cncc(-c3ccc4[nH]nc(C(=O)Nc5c(F)cncc5F)c4c3)c2)CC1. The van der Waals surface area contributed by atoms with E-state index >= 15 is 0 Å². The van der Waals surface area contributed by atoms with Crippen molar-refractivity contribution < 1.29 is 13.6 Å². The number of aromatic amines is 1. The van der Waals surface area contributed by atoms with Crippen LogP contribution in [0.15, 0.2) is 49.1 Å². The van der Waals surface area contributed by atoms with Gasteiger partial charge in [-0.15, -0.1) is 0 Å². The molecule has 1 aromatic carbocycles. The average molecular weight is 463 g/mol. The van der Waals surface area contributed by atoms with Crippen LogP contribution in [0.4, 0.5) is 14.5 Å². The molecule has 34 heavy (non-hydrogen) atoms. The number of nitrogens with zero attached hydrogens (tertiary/aromatic N) is 4. The Hall–Kier alpha value is -3.72. The van der Waals surface area contributed by atoms with E-state index < -0.39 is 23.2 Å². The number of halogens is 2. The highest BCUT2D eigenvalue weighted by Gasteiger charge is 2.20. The number of rotatable bonds is 5. The minimum atomic E-state index is -0.958. The van der Waals surface area contributed by atoms with Gasteiger partial charge in [0.2, 0.25) is 0 Å². The van der Waals surface area contributed by atoms with Crippen molar-refractivity contribution in [2.75, 3.05) is 18.4 Å². The fraction of sp³-hybridized carbons (Fsp3) is 0.280. The number of likely N-dealkylation sites (tertiary alicyclic amines) is 1. The maximum atomic E-state index is 13.9. The second-order valence-corrected chi connectivity index (χ2v) is 8.81. The van der Waals surface area contributed by atoms with Gasteiger partial charge in [-0.25, -0.2) is 8.78 Å². The predicted octanol–water partition coefficient (Wildman–Crippen LogP) is 4.78. The molecule has 0 atom stereocenters. The van der Waals surface area contributed by atoms with E-state index in [1.165, 1.54) is 12.8 Å². The van der Waals surface area contributed by atoms with Crippen molar-refractivity contribution in [3.63, 3.8) is 0 Å². The van der Waals surface area contributed by atoms with E-state index in [9.17, 15) is 13.6 Å². The molecule has 0 aliphatic carbocycles. The van der Waals surface area contributed by atoms with Crippen LogP contribution in [0.5, 0.6) is 0 Å². The number of aromatic nitrogens is 4. The maximum Gasteiger partial charge on any atom is 0.276 e. The lowest BCUT2D eigenvalue weighted by Gasteiger charge is -2.30. The van der Waals surface area contributed by atoms with Crippen LogP contribution < -0.4 is 5.32 Å². The number of H-pyrrole nitrogens is 1. The number of carbonyl (C=O) groups excluding carboxylic acids is 1. The third-order valence-electron chi connectivity index (χ3n) is 6.28. The topological polar surface area (TPSA) is 86.8 Å². The van der Waals surface area contributed by atoms with E-state index in [1.807, 2.05) is 24.4 Å². The number of benzene rings is 1. The van der Waals surface area contributed by atoms with Crippen molar-refractivity contribution in [1.82, 2.24) is 25.1 Å². The van der Waals surface area contributed by atoms with Crippen molar-refractivity contribution >= 4 is 22.5 Å². The van der Waals surface area contributed by atoms with E-state index in [0.29, 0.717) is 10.9 Å². The Labute approximate surface area is 195 Å². The standard InChI is InChI=1S/C25H24F2N6O/c1-15-4-6-33(7-5-15)14-16-8-18(11-28-10-16)17-2-3-22-19(9-17)23(32-31-22)25(34)30-24-20(26)12-29-13-21(24)27/h2-3,8-13,15H,4-7,14H2,1H3,(H,31,32)(H,29,30,34). The van der Waals surface area contributed by atoms with Gasteiger partial charge in [0, 0.05) is 29.9 Å². The number of amides is 1. The number of pyridine rings is 2. The van der Waals surface area contributed by atoms with Gasteiger partial charge in [-0.05, 0) is 61.2 Å². The summed E-state index contributed by atoms with van der Waals surface area (Å²) in [5, 5.41) is 9.67. The summed E-state index contributed by atoms with van der Waals surface area (Å²) in [5.41, 5.74) is 3.03. The molecule has 1 saturated heterocycles. The largest absolute Gasteiger partial charge is 0.316 e. The Morgan fingerprint density at radius 3 is 2.56 bits per heavy atom. The van der Waals surface area contributed by atoms with Gasteiger partial charge < -0.3 is 5.32 Å². The fourth-order valence-corrected chi connectivity index (χ4v) is 4.28. The molecule has 4 heterocycles. The third kappa shape index (κ3) is 4.51. The van der Waals surface area contributed by atoms with Gasteiger partial charge in [-0.3, -0.25) is 24.8 Å². The van der Waals surface area contributed by atoms with Crippen molar-refractivity contribution in [2.45, 2.75) is 26.3 Å². The summed E-state index contributed by atoms with van der Waals surface area (Å²) in [5.74, 6) is -1.86. The normalized spacial score (nSPS) is 15.0. The summed E-state index contributed by atoms with van der Waals surface area (Å²) in [4.78, 5) is 23.1. The van der Waals surface area contributed by atoms with Gasteiger partial charge in [0.15, 0.2) is 17.3 Å². The number of anilines is 1. The predicted molar refractivity (Wildman–Crippen MR) is 125 cm³/mol. The Kier molecular flexibility index (Phi) is 6.02. The zero-order valence-electron chi connectivity index (χ0n) is 18.7. The van der Waals surface area contributed by atoms with Crippen molar-refractivity contribution in [1.29, 1.82) is 0 Å². The Bertz CT molecular complexity index is 1330. The molecule has 174 valence electrons. The summed E-state index contributed by atoms with van der Waals surface area (Å²) >= 11 is 0. The fourth-order valence-electron chi connectivity index (χ4n) is 4.28. The Balaban J connectivity index is 1.40. The molecule has 3 aromatic heterocycles. The first-order chi connectivity index (χ1) is 16.5. The van der Waals surface area contributed by atoms with Crippen LogP contribution in [0.2, 0.25) is 0 Å². The first-order valence-corrected chi connectivity index (χ1v) is 11.2. The molecule has 2 N–H and O–H groups in total. The van der Waals surface area contributed by atoms with Crippen molar-refractivity contribution in [3.05, 3.63) is 71.9 Å². The molecule has 1 amide bonds. The summed E-state index contributed by atoms with van der Waals surface area (Å²) in [7, 11) is 0. The second kappa shape index (κ2) is 9.26. The number of hydrogen-bond donors (Lipinski definition) is 2. The molecule has 1 fully saturated rings. The molecule has 0 saturated carbocycles. The van der Waals surface area contributed by atoms with Crippen molar-refractivity contribution in [2.24, 2.45) is 5.92 Å². The zero-order chi connectivity index (χ0) is 23.7. The number of carbonyl (C=O) groups is 1. The first-order valence-electron chi connectivity index (χ1n) is 11.2. The summed E-state index contributed by atoms with van der Waals surface area (Å²) < 4.78 is 27.8. The molecule has 0 bridgehead atoms. The van der Waals surface area contributed by atoms with Crippen LogP contribution in [0, 0.1) is 17.6 Å². The molecular formula is C25H24F2N6O. The van der Waals surface area contributed by atoms with Crippen LogP contribution in [-0.2, 0) is 6.54 Å². The zero-order valence-corrected chi connectivity index (χ0v) is 18.7. The van der Waals surface area contributed by atoms with Crippen LogP contribution >= 0.6 is 0 Å². The monoisotopic (exact) mass is 462 g/mol. The van der Waals surface area contributed by atoms with Gasteiger partial charge in [0.05, 0.1) is 17.9 Å². The van der Waals surface area contributed by atoms with Gasteiger partial charge >= 0.3 is 0 Å². The number of fused-ring (bicyclic) bond motifs is 1.